The third-order valence-electron chi connectivity index (χ3n) is 2.46. The van der Waals surface area contributed by atoms with Gasteiger partial charge >= 0.3 is 0 Å². The fraction of sp³-hybridized carbons (Fsp3) is 0.636. The first-order valence-electron chi connectivity index (χ1n) is 5.15. The van der Waals surface area contributed by atoms with Gasteiger partial charge in [0.1, 0.15) is 12.5 Å². The van der Waals surface area contributed by atoms with Crippen molar-refractivity contribution >= 4 is 0 Å². The topological polar surface area (TPSA) is 25.8 Å². The molecule has 2 rings (SSSR count). The molecule has 0 aromatic carbocycles. The van der Waals surface area contributed by atoms with Gasteiger partial charge in [0.15, 0.2) is 0 Å². The van der Waals surface area contributed by atoms with Crippen LogP contribution in [0.25, 0.3) is 0 Å². The van der Waals surface area contributed by atoms with Gasteiger partial charge in [-0.2, -0.15) is 0 Å². The van der Waals surface area contributed by atoms with Crippen LogP contribution in [0.15, 0.2) is 6.33 Å². The predicted molar refractivity (Wildman–Crippen MR) is 55.0 cm³/mol. The lowest BCUT2D eigenvalue weighted by Gasteiger charge is -2.04. The molecule has 1 aromatic rings. The molecule has 0 radical (unpaired) electrons. The van der Waals surface area contributed by atoms with E-state index < -0.39 is 6.17 Å². The van der Waals surface area contributed by atoms with Crippen molar-refractivity contribution in [2.24, 2.45) is 0 Å². The van der Waals surface area contributed by atoms with Crippen molar-refractivity contribution in [1.82, 2.24) is 9.97 Å². The zero-order valence-corrected chi connectivity index (χ0v) is 9.21. The summed E-state index contributed by atoms with van der Waals surface area (Å²) in [6.07, 6.45) is 1.13. The van der Waals surface area contributed by atoms with Crippen molar-refractivity contribution in [3.63, 3.8) is 0 Å². The van der Waals surface area contributed by atoms with Gasteiger partial charge in [0.05, 0.1) is 5.69 Å². The summed E-state index contributed by atoms with van der Waals surface area (Å²) in [6.45, 7) is 7.93. The molecule has 2 nitrogen and oxygen atoms in total. The van der Waals surface area contributed by atoms with E-state index in [0.29, 0.717) is 12.1 Å². The van der Waals surface area contributed by atoms with Gasteiger partial charge in [-0.1, -0.05) is 20.8 Å². The van der Waals surface area contributed by atoms with E-state index in [0.717, 1.165) is 11.3 Å². The van der Waals surface area contributed by atoms with E-state index in [1.807, 2.05) is 27.7 Å². The van der Waals surface area contributed by atoms with E-state index in [2.05, 4.69) is 9.97 Å². The summed E-state index contributed by atoms with van der Waals surface area (Å²) in [5.74, 6) is 0.274. The Kier molecular flexibility index (Phi) is 3.55. The zero-order valence-electron chi connectivity index (χ0n) is 9.21. The Morgan fingerprint density at radius 3 is 2.57 bits per heavy atom. The maximum absolute atomic E-state index is 13.3. The highest BCUT2D eigenvalue weighted by molar-refractivity contribution is 5.33. The summed E-state index contributed by atoms with van der Waals surface area (Å²) in [5, 5.41) is 0. The Labute approximate surface area is 84.6 Å². The van der Waals surface area contributed by atoms with Crippen molar-refractivity contribution < 1.29 is 4.39 Å². The van der Waals surface area contributed by atoms with Crippen molar-refractivity contribution in [2.45, 2.75) is 46.2 Å². The number of alkyl halides is 1. The van der Waals surface area contributed by atoms with Gasteiger partial charge in [0, 0.05) is 11.3 Å². The first-order chi connectivity index (χ1) is 6.70. The molecule has 0 bridgehead atoms. The fourth-order valence-corrected chi connectivity index (χ4v) is 1.90. The molecule has 0 amide bonds. The fourth-order valence-electron chi connectivity index (χ4n) is 1.90. The standard InChI is InChI=1S/C9H11FN2.C2H6/c1-5-3-7(10)9-8(5)6(2)11-4-12-9;1-2/h4-5,7H,3H2,1-2H3;1-2H3. The highest BCUT2D eigenvalue weighted by Crippen LogP contribution is 2.41. The lowest BCUT2D eigenvalue weighted by Crippen LogP contribution is -1.97. The minimum Gasteiger partial charge on any atom is -0.241 e. The van der Waals surface area contributed by atoms with Crippen LogP contribution < -0.4 is 0 Å². The smallest absolute Gasteiger partial charge is 0.143 e. The molecule has 0 N–H and O–H groups in total. The summed E-state index contributed by atoms with van der Waals surface area (Å²) in [6, 6.07) is 0. The van der Waals surface area contributed by atoms with Crippen LogP contribution in [0, 0.1) is 6.92 Å². The minimum atomic E-state index is -0.878. The van der Waals surface area contributed by atoms with Gasteiger partial charge in [-0.05, 0) is 19.3 Å². The van der Waals surface area contributed by atoms with Crippen LogP contribution >= 0.6 is 0 Å². The van der Waals surface area contributed by atoms with Gasteiger partial charge in [-0.25, -0.2) is 14.4 Å². The maximum atomic E-state index is 13.3. The highest BCUT2D eigenvalue weighted by atomic mass is 19.1. The van der Waals surface area contributed by atoms with Crippen LogP contribution in [-0.2, 0) is 0 Å². The number of fused-ring (bicyclic) bond motifs is 1. The van der Waals surface area contributed by atoms with E-state index in [9.17, 15) is 4.39 Å². The number of aromatic nitrogens is 2. The molecule has 3 heteroatoms. The molecular formula is C11H17FN2. The van der Waals surface area contributed by atoms with Crippen molar-refractivity contribution in [1.29, 1.82) is 0 Å². The Morgan fingerprint density at radius 1 is 1.36 bits per heavy atom. The average molecular weight is 196 g/mol. The second kappa shape index (κ2) is 4.49. The molecule has 0 fully saturated rings. The first-order valence-corrected chi connectivity index (χ1v) is 5.15. The Bertz CT molecular complexity index is 312. The molecule has 2 atom stereocenters. The molecule has 1 aromatic heterocycles. The van der Waals surface area contributed by atoms with Crippen molar-refractivity contribution in [2.75, 3.05) is 0 Å². The number of halogens is 1. The Morgan fingerprint density at radius 2 is 2.00 bits per heavy atom. The van der Waals surface area contributed by atoms with E-state index in [-0.39, 0.29) is 5.92 Å². The highest BCUT2D eigenvalue weighted by Gasteiger charge is 2.30. The molecule has 0 aliphatic heterocycles. The molecule has 1 aliphatic rings. The monoisotopic (exact) mass is 196 g/mol. The van der Waals surface area contributed by atoms with Crippen molar-refractivity contribution in [3.8, 4) is 0 Å². The molecule has 2 unspecified atom stereocenters. The molecule has 1 aliphatic carbocycles. The minimum absolute atomic E-state index is 0.274. The lowest BCUT2D eigenvalue weighted by molar-refractivity contribution is 0.326. The molecule has 0 spiro atoms. The third-order valence-corrected chi connectivity index (χ3v) is 2.46. The van der Waals surface area contributed by atoms with Crippen molar-refractivity contribution in [3.05, 3.63) is 23.3 Å². The third kappa shape index (κ3) is 1.76. The second-order valence-electron chi connectivity index (χ2n) is 3.36. The number of aryl methyl sites for hydroxylation is 1. The molecule has 14 heavy (non-hydrogen) atoms. The van der Waals surface area contributed by atoms with Crippen LogP contribution in [0.3, 0.4) is 0 Å². The van der Waals surface area contributed by atoms with Gasteiger partial charge < -0.3 is 0 Å². The van der Waals surface area contributed by atoms with E-state index in [1.54, 1.807) is 0 Å². The van der Waals surface area contributed by atoms with Crippen LogP contribution in [0.4, 0.5) is 4.39 Å². The van der Waals surface area contributed by atoms with E-state index >= 15 is 0 Å². The summed E-state index contributed by atoms with van der Waals surface area (Å²) >= 11 is 0. The summed E-state index contributed by atoms with van der Waals surface area (Å²) in [5.41, 5.74) is 2.55. The van der Waals surface area contributed by atoms with E-state index in [4.69, 9.17) is 0 Å². The Hall–Kier alpha value is -0.990. The van der Waals surface area contributed by atoms with Gasteiger partial charge in [-0.15, -0.1) is 0 Å². The van der Waals surface area contributed by atoms with Crippen LogP contribution in [0.1, 0.15) is 56.2 Å². The van der Waals surface area contributed by atoms with Gasteiger partial charge in [0.25, 0.3) is 0 Å². The van der Waals surface area contributed by atoms with Crippen LogP contribution in [0.5, 0.6) is 0 Å². The quantitative estimate of drug-likeness (QED) is 0.636. The predicted octanol–water partition coefficient (Wildman–Crippen LogP) is 3.33. The molecule has 0 saturated carbocycles. The molecule has 0 saturated heterocycles. The SMILES string of the molecule is CC.Cc1ncnc2c1C(C)CC2F. The average Bonchev–Trinajstić information content (AvgIpc) is 2.47. The Balaban J connectivity index is 0.000000461. The molecular weight excluding hydrogens is 179 g/mol. The summed E-state index contributed by atoms with van der Waals surface area (Å²) < 4.78 is 13.3. The molecule has 1 heterocycles. The summed E-state index contributed by atoms with van der Waals surface area (Å²) in [4.78, 5) is 8.02. The lowest BCUT2D eigenvalue weighted by atomic mass is 10.0. The molecule has 78 valence electrons. The normalized spacial score (nSPS) is 23.8. The number of hydrogen-bond acceptors (Lipinski definition) is 2. The van der Waals surface area contributed by atoms with Crippen LogP contribution in [0.2, 0.25) is 0 Å². The van der Waals surface area contributed by atoms with Gasteiger partial charge in [-0.3, -0.25) is 0 Å². The first kappa shape index (κ1) is 11.1. The van der Waals surface area contributed by atoms with Gasteiger partial charge in [0.2, 0.25) is 0 Å². The number of rotatable bonds is 0. The summed E-state index contributed by atoms with van der Waals surface area (Å²) in [7, 11) is 0. The number of hydrogen-bond donors (Lipinski definition) is 0. The largest absolute Gasteiger partial charge is 0.241 e. The van der Waals surface area contributed by atoms with E-state index in [1.165, 1.54) is 6.33 Å². The van der Waals surface area contributed by atoms with Crippen LogP contribution in [-0.4, -0.2) is 9.97 Å². The zero-order chi connectivity index (χ0) is 10.7. The second-order valence-corrected chi connectivity index (χ2v) is 3.36. The maximum Gasteiger partial charge on any atom is 0.143 e. The number of nitrogens with zero attached hydrogens (tertiary/aromatic N) is 2.